The largest absolute Gasteiger partial charge is 0.379 e. The third kappa shape index (κ3) is 4.94. The zero-order chi connectivity index (χ0) is 13.1. The molecular formula is C14H30N2O. The molecule has 17 heavy (non-hydrogen) atoms. The highest BCUT2D eigenvalue weighted by Crippen LogP contribution is 2.32. The van der Waals surface area contributed by atoms with Crippen LogP contribution in [0.5, 0.6) is 0 Å². The highest BCUT2D eigenvalue weighted by Gasteiger charge is 2.32. The molecule has 0 spiro atoms. The Morgan fingerprint density at radius 2 is 1.94 bits per heavy atom. The van der Waals surface area contributed by atoms with E-state index in [1.807, 2.05) is 0 Å². The summed E-state index contributed by atoms with van der Waals surface area (Å²) in [6, 6.07) is 1.00. The third-order valence-corrected chi connectivity index (χ3v) is 3.85. The van der Waals surface area contributed by atoms with Gasteiger partial charge in [0.25, 0.3) is 0 Å². The highest BCUT2D eigenvalue weighted by molar-refractivity contribution is 4.87. The Labute approximate surface area is 107 Å². The topological polar surface area (TPSA) is 38.5 Å². The number of nitrogens with two attached hydrogens (primary N) is 1. The van der Waals surface area contributed by atoms with Gasteiger partial charge in [0.1, 0.15) is 0 Å². The smallest absolute Gasteiger partial charge is 0.0638 e. The molecule has 0 amide bonds. The normalized spacial score (nSPS) is 19.1. The SMILES string of the molecule is COC(C)(C)CC(CN)N(CC1CC1)C(C)C. The highest BCUT2D eigenvalue weighted by atomic mass is 16.5. The van der Waals surface area contributed by atoms with Crippen LogP contribution < -0.4 is 5.73 Å². The molecule has 0 aromatic carbocycles. The van der Waals surface area contributed by atoms with Gasteiger partial charge in [0.15, 0.2) is 0 Å². The van der Waals surface area contributed by atoms with Crippen molar-refractivity contribution in [3.63, 3.8) is 0 Å². The molecule has 0 aromatic rings. The summed E-state index contributed by atoms with van der Waals surface area (Å²) in [5.41, 5.74) is 5.89. The van der Waals surface area contributed by atoms with Crippen LogP contribution in [-0.2, 0) is 4.74 Å². The predicted octanol–water partition coefficient (Wildman–Crippen LogP) is 2.25. The van der Waals surface area contributed by atoms with Gasteiger partial charge in [0, 0.05) is 32.3 Å². The molecule has 1 fully saturated rings. The molecule has 3 nitrogen and oxygen atoms in total. The Kier molecular flexibility index (Phi) is 5.42. The fourth-order valence-electron chi connectivity index (χ4n) is 2.37. The minimum Gasteiger partial charge on any atom is -0.379 e. The number of methoxy groups -OCH3 is 1. The Balaban J connectivity index is 2.59. The van der Waals surface area contributed by atoms with Crippen molar-refractivity contribution in [2.24, 2.45) is 11.7 Å². The maximum Gasteiger partial charge on any atom is 0.0638 e. The Morgan fingerprint density at radius 3 is 2.29 bits per heavy atom. The van der Waals surface area contributed by atoms with Crippen LogP contribution in [-0.4, -0.2) is 42.8 Å². The summed E-state index contributed by atoms with van der Waals surface area (Å²) in [5.74, 6) is 0.914. The van der Waals surface area contributed by atoms with Crippen LogP contribution in [0.15, 0.2) is 0 Å². The average molecular weight is 242 g/mol. The summed E-state index contributed by atoms with van der Waals surface area (Å²) in [4.78, 5) is 2.57. The van der Waals surface area contributed by atoms with Crippen LogP contribution in [0.2, 0.25) is 0 Å². The van der Waals surface area contributed by atoms with E-state index in [-0.39, 0.29) is 5.60 Å². The Hall–Kier alpha value is -0.120. The van der Waals surface area contributed by atoms with Gasteiger partial charge >= 0.3 is 0 Å². The maximum atomic E-state index is 5.97. The summed E-state index contributed by atoms with van der Waals surface area (Å²) in [6.07, 6.45) is 3.80. The lowest BCUT2D eigenvalue weighted by Crippen LogP contribution is -2.49. The van der Waals surface area contributed by atoms with E-state index >= 15 is 0 Å². The molecule has 0 aliphatic heterocycles. The van der Waals surface area contributed by atoms with E-state index in [4.69, 9.17) is 10.5 Å². The fourth-order valence-corrected chi connectivity index (χ4v) is 2.37. The third-order valence-electron chi connectivity index (χ3n) is 3.85. The van der Waals surface area contributed by atoms with Gasteiger partial charge in [-0.3, -0.25) is 4.90 Å². The number of rotatable bonds is 8. The summed E-state index contributed by atoms with van der Waals surface area (Å²) < 4.78 is 5.54. The van der Waals surface area contributed by atoms with Gasteiger partial charge in [-0.05, 0) is 52.9 Å². The van der Waals surface area contributed by atoms with E-state index in [1.54, 1.807) is 7.11 Å². The van der Waals surface area contributed by atoms with E-state index in [0.29, 0.717) is 12.1 Å². The van der Waals surface area contributed by atoms with Crippen LogP contribution in [0.25, 0.3) is 0 Å². The van der Waals surface area contributed by atoms with Crippen molar-refractivity contribution in [2.45, 2.75) is 64.6 Å². The van der Waals surface area contributed by atoms with Crippen LogP contribution in [0.1, 0.15) is 47.0 Å². The molecule has 2 N–H and O–H groups in total. The average Bonchev–Trinajstić information content (AvgIpc) is 3.06. The molecule has 1 rings (SSSR count). The monoisotopic (exact) mass is 242 g/mol. The van der Waals surface area contributed by atoms with Gasteiger partial charge in [-0.1, -0.05) is 0 Å². The molecule has 0 aromatic heterocycles. The molecule has 1 aliphatic rings. The first kappa shape index (κ1) is 14.9. The predicted molar refractivity (Wildman–Crippen MR) is 73.1 cm³/mol. The van der Waals surface area contributed by atoms with E-state index in [1.165, 1.54) is 19.4 Å². The summed E-state index contributed by atoms with van der Waals surface area (Å²) in [7, 11) is 1.79. The van der Waals surface area contributed by atoms with Crippen molar-refractivity contribution in [2.75, 3.05) is 20.2 Å². The van der Waals surface area contributed by atoms with Gasteiger partial charge < -0.3 is 10.5 Å². The van der Waals surface area contributed by atoms with Gasteiger partial charge in [-0.15, -0.1) is 0 Å². The summed E-state index contributed by atoms with van der Waals surface area (Å²) >= 11 is 0. The molecular weight excluding hydrogens is 212 g/mol. The molecule has 0 radical (unpaired) electrons. The van der Waals surface area contributed by atoms with Crippen molar-refractivity contribution in [1.82, 2.24) is 4.90 Å². The van der Waals surface area contributed by atoms with E-state index in [0.717, 1.165) is 18.9 Å². The molecule has 0 bridgehead atoms. The maximum absolute atomic E-state index is 5.97. The van der Waals surface area contributed by atoms with Crippen molar-refractivity contribution in [3.8, 4) is 0 Å². The van der Waals surface area contributed by atoms with Gasteiger partial charge in [0.05, 0.1) is 5.60 Å². The van der Waals surface area contributed by atoms with Crippen molar-refractivity contribution in [1.29, 1.82) is 0 Å². The lowest BCUT2D eigenvalue weighted by Gasteiger charge is -2.38. The second-order valence-electron chi connectivity index (χ2n) is 6.29. The zero-order valence-electron chi connectivity index (χ0n) is 12.2. The van der Waals surface area contributed by atoms with Crippen molar-refractivity contribution in [3.05, 3.63) is 0 Å². The first-order chi connectivity index (χ1) is 7.89. The van der Waals surface area contributed by atoms with Gasteiger partial charge in [-0.2, -0.15) is 0 Å². The van der Waals surface area contributed by atoms with Crippen LogP contribution in [0.3, 0.4) is 0 Å². The standard InChI is InChI=1S/C14H30N2O/c1-11(2)16(10-12-6-7-12)13(9-15)8-14(3,4)17-5/h11-13H,6-10,15H2,1-5H3. The number of ether oxygens (including phenoxy) is 1. The van der Waals surface area contributed by atoms with E-state index < -0.39 is 0 Å². The molecule has 0 saturated heterocycles. The van der Waals surface area contributed by atoms with Crippen LogP contribution in [0, 0.1) is 5.92 Å². The molecule has 0 heterocycles. The summed E-state index contributed by atoms with van der Waals surface area (Å²) in [6.45, 7) is 10.8. The molecule has 1 atom stereocenters. The number of hydrogen-bond donors (Lipinski definition) is 1. The molecule has 1 unspecified atom stereocenters. The minimum atomic E-state index is -0.0826. The Bertz CT molecular complexity index is 224. The second kappa shape index (κ2) is 6.17. The lowest BCUT2D eigenvalue weighted by atomic mass is 9.96. The summed E-state index contributed by atoms with van der Waals surface area (Å²) in [5, 5.41) is 0. The molecule has 1 saturated carbocycles. The van der Waals surface area contributed by atoms with Gasteiger partial charge in [-0.25, -0.2) is 0 Å². The minimum absolute atomic E-state index is 0.0826. The quantitative estimate of drug-likeness (QED) is 0.709. The molecule has 102 valence electrons. The molecule has 1 aliphatic carbocycles. The van der Waals surface area contributed by atoms with E-state index in [9.17, 15) is 0 Å². The first-order valence-electron chi connectivity index (χ1n) is 6.90. The van der Waals surface area contributed by atoms with E-state index in [2.05, 4.69) is 32.6 Å². The number of nitrogens with zero attached hydrogens (tertiary/aromatic N) is 1. The zero-order valence-corrected chi connectivity index (χ0v) is 12.2. The van der Waals surface area contributed by atoms with Crippen LogP contribution in [0.4, 0.5) is 0 Å². The lowest BCUT2D eigenvalue weighted by molar-refractivity contribution is -0.0128. The molecule has 3 heteroatoms. The van der Waals surface area contributed by atoms with Gasteiger partial charge in [0.2, 0.25) is 0 Å². The fraction of sp³-hybridized carbons (Fsp3) is 1.00. The van der Waals surface area contributed by atoms with Crippen molar-refractivity contribution < 1.29 is 4.74 Å². The van der Waals surface area contributed by atoms with Crippen LogP contribution >= 0.6 is 0 Å². The van der Waals surface area contributed by atoms with Crippen molar-refractivity contribution >= 4 is 0 Å². The number of hydrogen-bond acceptors (Lipinski definition) is 3. The second-order valence-corrected chi connectivity index (χ2v) is 6.29. The Morgan fingerprint density at radius 1 is 1.35 bits per heavy atom. The first-order valence-corrected chi connectivity index (χ1v) is 6.90.